The summed E-state index contributed by atoms with van der Waals surface area (Å²) in [6.07, 6.45) is 5.37. The molecule has 1 aromatic carbocycles. The van der Waals surface area contributed by atoms with Crippen molar-refractivity contribution in [3.05, 3.63) is 35.3 Å². The number of pyridine rings is 1. The highest BCUT2D eigenvalue weighted by molar-refractivity contribution is 5.92. The second-order valence-corrected chi connectivity index (χ2v) is 4.25. The molecule has 2 rings (SSSR count). The largest absolute Gasteiger partial charge is 0.384 e. The fourth-order valence-electron chi connectivity index (χ4n) is 1.94. The lowest BCUT2D eigenvalue weighted by atomic mass is 9.97. The summed E-state index contributed by atoms with van der Waals surface area (Å²) < 4.78 is 13.7. The average molecular weight is 228 g/mol. The van der Waals surface area contributed by atoms with Gasteiger partial charge in [-0.05, 0) is 23.4 Å². The van der Waals surface area contributed by atoms with Gasteiger partial charge in [0.05, 0.1) is 11.3 Å². The zero-order valence-corrected chi connectivity index (χ0v) is 9.79. The van der Waals surface area contributed by atoms with Crippen molar-refractivity contribution in [2.45, 2.75) is 19.8 Å². The molecule has 86 valence electrons. The van der Waals surface area contributed by atoms with Crippen molar-refractivity contribution in [3.63, 3.8) is 0 Å². The summed E-state index contributed by atoms with van der Waals surface area (Å²) in [4.78, 5) is 4.27. The van der Waals surface area contributed by atoms with Gasteiger partial charge in [-0.15, -0.1) is 6.42 Å². The van der Waals surface area contributed by atoms with Crippen LogP contribution in [0.2, 0.25) is 0 Å². The van der Waals surface area contributed by atoms with Crippen LogP contribution < -0.4 is 5.73 Å². The zero-order chi connectivity index (χ0) is 12.6. The van der Waals surface area contributed by atoms with Gasteiger partial charge in [0.25, 0.3) is 0 Å². The predicted molar refractivity (Wildman–Crippen MR) is 68.1 cm³/mol. The number of benzene rings is 1. The van der Waals surface area contributed by atoms with Crippen LogP contribution in [0.25, 0.3) is 10.8 Å². The molecule has 0 spiro atoms. The standard InChI is InChI=1S/C14H13FN2/c1-4-10-11(15)6-5-9-7-12(16)17-14(8(2)3)13(9)10/h1,5-8H,2-3H3,(H2,16,17). The Morgan fingerprint density at radius 2 is 2.12 bits per heavy atom. The fourth-order valence-corrected chi connectivity index (χ4v) is 1.94. The number of anilines is 1. The molecule has 1 aromatic heterocycles. The molecule has 0 aliphatic heterocycles. The number of fused-ring (bicyclic) bond motifs is 1. The zero-order valence-electron chi connectivity index (χ0n) is 9.79. The Morgan fingerprint density at radius 3 is 2.71 bits per heavy atom. The summed E-state index contributed by atoms with van der Waals surface area (Å²) in [6.45, 7) is 3.96. The molecule has 2 nitrogen and oxygen atoms in total. The van der Waals surface area contributed by atoms with E-state index in [1.165, 1.54) is 6.07 Å². The normalized spacial score (nSPS) is 10.8. The molecule has 17 heavy (non-hydrogen) atoms. The van der Waals surface area contributed by atoms with Gasteiger partial charge in [-0.25, -0.2) is 9.37 Å². The van der Waals surface area contributed by atoms with Gasteiger partial charge in [-0.2, -0.15) is 0 Å². The number of hydrogen-bond donors (Lipinski definition) is 1. The van der Waals surface area contributed by atoms with E-state index in [4.69, 9.17) is 12.2 Å². The van der Waals surface area contributed by atoms with Gasteiger partial charge in [0, 0.05) is 5.39 Å². The van der Waals surface area contributed by atoms with Gasteiger partial charge in [0.1, 0.15) is 11.6 Å². The molecule has 0 amide bonds. The molecule has 0 radical (unpaired) electrons. The first-order chi connectivity index (χ1) is 8.04. The second-order valence-electron chi connectivity index (χ2n) is 4.25. The quantitative estimate of drug-likeness (QED) is 0.762. The van der Waals surface area contributed by atoms with Crippen LogP contribution in [0.15, 0.2) is 18.2 Å². The Hall–Kier alpha value is -2.08. The van der Waals surface area contributed by atoms with E-state index >= 15 is 0 Å². The van der Waals surface area contributed by atoms with Gasteiger partial charge in [-0.1, -0.05) is 25.8 Å². The lowest BCUT2D eigenvalue weighted by molar-refractivity contribution is 0.626. The fraction of sp³-hybridized carbons (Fsp3) is 0.214. The molecule has 0 aliphatic carbocycles. The molecule has 0 bridgehead atoms. The van der Waals surface area contributed by atoms with Crippen LogP contribution in [0.5, 0.6) is 0 Å². The molecule has 0 saturated carbocycles. The number of nitrogens with zero attached hydrogens (tertiary/aromatic N) is 1. The maximum absolute atomic E-state index is 13.7. The first-order valence-electron chi connectivity index (χ1n) is 5.39. The second kappa shape index (κ2) is 4.06. The summed E-state index contributed by atoms with van der Waals surface area (Å²) in [5.41, 5.74) is 6.74. The van der Waals surface area contributed by atoms with E-state index in [2.05, 4.69) is 10.9 Å². The minimum atomic E-state index is -0.395. The number of terminal acetylenes is 1. The summed E-state index contributed by atoms with van der Waals surface area (Å²) in [6, 6.07) is 4.75. The number of hydrogen-bond acceptors (Lipinski definition) is 2. The van der Waals surface area contributed by atoms with Crippen molar-refractivity contribution >= 4 is 16.6 Å². The first-order valence-corrected chi connectivity index (χ1v) is 5.39. The van der Waals surface area contributed by atoms with Crippen LogP contribution in [-0.4, -0.2) is 4.98 Å². The topological polar surface area (TPSA) is 38.9 Å². The summed E-state index contributed by atoms with van der Waals surface area (Å²) in [7, 11) is 0. The summed E-state index contributed by atoms with van der Waals surface area (Å²) in [5.74, 6) is 2.56. The monoisotopic (exact) mass is 228 g/mol. The Balaban J connectivity index is 2.98. The molecule has 1 heterocycles. The Bertz CT molecular complexity index is 624. The lowest BCUT2D eigenvalue weighted by Gasteiger charge is -2.12. The van der Waals surface area contributed by atoms with Crippen molar-refractivity contribution in [1.82, 2.24) is 4.98 Å². The Labute approximate surface area is 99.7 Å². The van der Waals surface area contributed by atoms with Crippen molar-refractivity contribution < 1.29 is 4.39 Å². The van der Waals surface area contributed by atoms with Crippen LogP contribution in [-0.2, 0) is 0 Å². The van der Waals surface area contributed by atoms with Crippen LogP contribution in [0.4, 0.5) is 10.2 Å². The third-order valence-electron chi connectivity index (χ3n) is 2.69. The first kappa shape index (κ1) is 11.4. The lowest BCUT2D eigenvalue weighted by Crippen LogP contribution is -2.01. The molecule has 0 aliphatic rings. The van der Waals surface area contributed by atoms with Crippen molar-refractivity contribution in [2.75, 3.05) is 5.73 Å². The minimum absolute atomic E-state index is 0.134. The number of nitrogens with two attached hydrogens (primary N) is 1. The van der Waals surface area contributed by atoms with E-state index in [0.717, 1.165) is 11.1 Å². The molecule has 0 saturated heterocycles. The van der Waals surface area contributed by atoms with Gasteiger partial charge in [-0.3, -0.25) is 0 Å². The molecular formula is C14H13FN2. The van der Waals surface area contributed by atoms with Gasteiger partial charge in [0.2, 0.25) is 0 Å². The maximum atomic E-state index is 13.7. The molecule has 0 atom stereocenters. The van der Waals surface area contributed by atoms with Crippen molar-refractivity contribution in [3.8, 4) is 12.3 Å². The van der Waals surface area contributed by atoms with E-state index in [1.807, 2.05) is 13.8 Å². The molecule has 0 unspecified atom stereocenters. The van der Waals surface area contributed by atoms with Gasteiger partial charge in [0.15, 0.2) is 0 Å². The van der Waals surface area contributed by atoms with Crippen molar-refractivity contribution in [2.24, 2.45) is 0 Å². The minimum Gasteiger partial charge on any atom is -0.384 e. The Morgan fingerprint density at radius 1 is 1.41 bits per heavy atom. The van der Waals surface area contributed by atoms with E-state index in [9.17, 15) is 4.39 Å². The maximum Gasteiger partial charge on any atom is 0.139 e. The third-order valence-corrected chi connectivity index (χ3v) is 2.69. The number of rotatable bonds is 1. The van der Waals surface area contributed by atoms with Gasteiger partial charge >= 0.3 is 0 Å². The molecule has 3 heteroatoms. The van der Waals surface area contributed by atoms with Crippen LogP contribution >= 0.6 is 0 Å². The van der Waals surface area contributed by atoms with Crippen LogP contribution in [0, 0.1) is 18.2 Å². The highest BCUT2D eigenvalue weighted by atomic mass is 19.1. The number of aromatic nitrogens is 1. The van der Waals surface area contributed by atoms with Crippen LogP contribution in [0.3, 0.4) is 0 Å². The SMILES string of the molecule is C#Cc1c(F)ccc2cc(N)nc(C(C)C)c12. The average Bonchev–Trinajstić information content (AvgIpc) is 2.28. The highest BCUT2D eigenvalue weighted by Gasteiger charge is 2.14. The molecule has 2 N–H and O–H groups in total. The Kier molecular flexibility index (Phi) is 2.72. The van der Waals surface area contributed by atoms with E-state index < -0.39 is 5.82 Å². The summed E-state index contributed by atoms with van der Waals surface area (Å²) in [5, 5.41) is 1.52. The molecule has 2 aromatic rings. The smallest absolute Gasteiger partial charge is 0.139 e. The highest BCUT2D eigenvalue weighted by Crippen LogP contribution is 2.29. The number of halogens is 1. The number of nitrogen functional groups attached to an aromatic ring is 1. The van der Waals surface area contributed by atoms with Crippen molar-refractivity contribution in [1.29, 1.82) is 0 Å². The van der Waals surface area contributed by atoms with E-state index in [0.29, 0.717) is 11.2 Å². The summed E-state index contributed by atoms with van der Waals surface area (Å²) >= 11 is 0. The molecule has 0 fully saturated rings. The molecular weight excluding hydrogens is 215 g/mol. The third kappa shape index (κ3) is 1.83. The van der Waals surface area contributed by atoms with Gasteiger partial charge < -0.3 is 5.73 Å². The predicted octanol–water partition coefficient (Wildman–Crippen LogP) is 3.06. The van der Waals surface area contributed by atoms with Crippen LogP contribution in [0.1, 0.15) is 31.0 Å². The van der Waals surface area contributed by atoms with E-state index in [-0.39, 0.29) is 11.5 Å². The van der Waals surface area contributed by atoms with E-state index in [1.54, 1.807) is 12.1 Å².